The predicted octanol–water partition coefficient (Wildman–Crippen LogP) is 3.77. The van der Waals surface area contributed by atoms with Gasteiger partial charge in [-0.25, -0.2) is 0 Å². The van der Waals surface area contributed by atoms with Gasteiger partial charge in [-0.2, -0.15) is 4.98 Å². The molecule has 1 heterocycles. The van der Waals surface area contributed by atoms with E-state index in [2.05, 4.69) is 26.1 Å². The molecule has 1 unspecified atom stereocenters. The Bertz CT molecular complexity index is 644. The van der Waals surface area contributed by atoms with Crippen LogP contribution in [0.2, 0.25) is 0 Å². The molecule has 1 aromatic carbocycles. The lowest BCUT2D eigenvalue weighted by Gasteiger charge is -2.05. The van der Waals surface area contributed by atoms with Crippen LogP contribution < -0.4 is 0 Å². The first-order valence-electron chi connectivity index (χ1n) is 6.68. The SMILES string of the molecule is Cc1cc(-c2noc(CC(C)CC(=O)O)n2)cc(C)c1Br. The Balaban J connectivity index is 2.18. The highest BCUT2D eigenvalue weighted by molar-refractivity contribution is 9.10. The van der Waals surface area contributed by atoms with Crippen molar-refractivity contribution in [3.8, 4) is 11.4 Å². The first-order valence-corrected chi connectivity index (χ1v) is 7.47. The molecular formula is C15H17BrN2O3. The number of carbonyl (C=O) groups is 1. The third kappa shape index (κ3) is 3.91. The zero-order chi connectivity index (χ0) is 15.6. The normalized spacial score (nSPS) is 12.4. The number of carboxylic acids is 1. The molecule has 1 N–H and O–H groups in total. The topological polar surface area (TPSA) is 76.2 Å². The van der Waals surface area contributed by atoms with Crippen LogP contribution in [0.15, 0.2) is 21.1 Å². The van der Waals surface area contributed by atoms with E-state index in [1.165, 1.54) is 0 Å². The Morgan fingerprint density at radius 1 is 1.38 bits per heavy atom. The minimum absolute atomic E-state index is 0.0378. The number of carboxylic acid groups (broad SMARTS) is 1. The van der Waals surface area contributed by atoms with Crippen molar-refractivity contribution in [1.29, 1.82) is 0 Å². The van der Waals surface area contributed by atoms with E-state index in [9.17, 15) is 4.79 Å². The summed E-state index contributed by atoms with van der Waals surface area (Å²) in [7, 11) is 0. The first kappa shape index (κ1) is 15.7. The van der Waals surface area contributed by atoms with Crippen molar-refractivity contribution >= 4 is 21.9 Å². The van der Waals surface area contributed by atoms with Crippen molar-refractivity contribution in [1.82, 2.24) is 10.1 Å². The lowest BCUT2D eigenvalue weighted by Crippen LogP contribution is -2.07. The molecule has 0 radical (unpaired) electrons. The molecule has 2 rings (SSSR count). The van der Waals surface area contributed by atoms with Crippen molar-refractivity contribution in [3.05, 3.63) is 33.6 Å². The van der Waals surface area contributed by atoms with Crippen LogP contribution in [-0.4, -0.2) is 21.2 Å². The molecule has 112 valence electrons. The zero-order valence-electron chi connectivity index (χ0n) is 12.2. The van der Waals surface area contributed by atoms with E-state index in [4.69, 9.17) is 9.63 Å². The molecule has 0 saturated heterocycles. The summed E-state index contributed by atoms with van der Waals surface area (Å²) in [5, 5.41) is 12.7. The number of halogens is 1. The molecule has 0 saturated carbocycles. The molecule has 0 amide bonds. The maximum atomic E-state index is 10.7. The summed E-state index contributed by atoms with van der Waals surface area (Å²) in [4.78, 5) is 15.0. The van der Waals surface area contributed by atoms with Gasteiger partial charge in [-0.3, -0.25) is 4.79 Å². The number of rotatable bonds is 5. The molecule has 0 bridgehead atoms. The lowest BCUT2D eigenvalue weighted by atomic mass is 10.0. The number of aryl methyl sites for hydroxylation is 2. The van der Waals surface area contributed by atoms with Crippen molar-refractivity contribution in [2.45, 2.75) is 33.6 Å². The molecule has 2 aromatic rings. The molecule has 5 nitrogen and oxygen atoms in total. The van der Waals surface area contributed by atoms with Gasteiger partial charge < -0.3 is 9.63 Å². The second kappa shape index (κ2) is 6.39. The van der Waals surface area contributed by atoms with Crippen LogP contribution in [0.4, 0.5) is 0 Å². The molecular weight excluding hydrogens is 336 g/mol. The molecule has 1 aromatic heterocycles. The number of hydrogen-bond donors (Lipinski definition) is 1. The van der Waals surface area contributed by atoms with E-state index in [-0.39, 0.29) is 12.3 Å². The molecule has 6 heteroatoms. The van der Waals surface area contributed by atoms with Gasteiger partial charge in [0.15, 0.2) is 0 Å². The van der Waals surface area contributed by atoms with Crippen LogP contribution in [-0.2, 0) is 11.2 Å². The summed E-state index contributed by atoms with van der Waals surface area (Å²) >= 11 is 3.53. The summed E-state index contributed by atoms with van der Waals surface area (Å²) in [6, 6.07) is 3.98. The third-order valence-electron chi connectivity index (χ3n) is 3.21. The number of aromatic nitrogens is 2. The molecule has 0 aliphatic heterocycles. The van der Waals surface area contributed by atoms with Gasteiger partial charge >= 0.3 is 5.97 Å². The minimum Gasteiger partial charge on any atom is -0.481 e. The van der Waals surface area contributed by atoms with Gasteiger partial charge in [-0.05, 0) is 43.0 Å². The quantitative estimate of drug-likeness (QED) is 0.886. The fraction of sp³-hybridized carbons (Fsp3) is 0.400. The molecule has 0 fully saturated rings. The number of nitrogens with zero attached hydrogens (tertiary/aromatic N) is 2. The van der Waals surface area contributed by atoms with Gasteiger partial charge in [-0.1, -0.05) is 28.0 Å². The monoisotopic (exact) mass is 352 g/mol. The second-order valence-corrected chi connectivity index (χ2v) is 6.14. The van der Waals surface area contributed by atoms with E-state index in [1.807, 2.05) is 32.9 Å². The molecule has 21 heavy (non-hydrogen) atoms. The van der Waals surface area contributed by atoms with Crippen LogP contribution in [0.25, 0.3) is 11.4 Å². The first-order chi connectivity index (χ1) is 9.86. The molecule has 0 aliphatic carbocycles. The number of hydrogen-bond acceptors (Lipinski definition) is 4. The van der Waals surface area contributed by atoms with Gasteiger partial charge in [0.25, 0.3) is 0 Å². The highest BCUT2D eigenvalue weighted by Gasteiger charge is 2.15. The average molecular weight is 353 g/mol. The summed E-state index contributed by atoms with van der Waals surface area (Å²) in [5.74, 6) is 0.147. The van der Waals surface area contributed by atoms with Crippen LogP contribution in [0.5, 0.6) is 0 Å². The summed E-state index contributed by atoms with van der Waals surface area (Å²) in [5.41, 5.74) is 3.11. The van der Waals surface area contributed by atoms with Crippen LogP contribution in [0.1, 0.15) is 30.4 Å². The number of aliphatic carboxylic acids is 1. The summed E-state index contributed by atoms with van der Waals surface area (Å²) in [6.45, 7) is 5.87. The van der Waals surface area contributed by atoms with Crippen molar-refractivity contribution in [3.63, 3.8) is 0 Å². The minimum atomic E-state index is -0.818. The number of benzene rings is 1. The largest absolute Gasteiger partial charge is 0.481 e. The summed E-state index contributed by atoms with van der Waals surface area (Å²) in [6.07, 6.45) is 0.558. The van der Waals surface area contributed by atoms with Gasteiger partial charge in [0.1, 0.15) is 0 Å². The van der Waals surface area contributed by atoms with Gasteiger partial charge in [0.2, 0.25) is 11.7 Å². The zero-order valence-corrected chi connectivity index (χ0v) is 13.8. The molecule has 0 aliphatic rings. The van der Waals surface area contributed by atoms with E-state index in [0.29, 0.717) is 18.1 Å². The Hall–Kier alpha value is -1.69. The van der Waals surface area contributed by atoms with Crippen LogP contribution >= 0.6 is 15.9 Å². The van der Waals surface area contributed by atoms with Gasteiger partial charge in [0.05, 0.1) is 0 Å². The summed E-state index contributed by atoms with van der Waals surface area (Å²) < 4.78 is 6.29. The Morgan fingerprint density at radius 3 is 2.57 bits per heavy atom. The van der Waals surface area contributed by atoms with Crippen molar-refractivity contribution < 1.29 is 14.4 Å². The van der Waals surface area contributed by atoms with Crippen molar-refractivity contribution in [2.75, 3.05) is 0 Å². The average Bonchev–Trinajstić information content (AvgIpc) is 2.82. The Labute approximate surface area is 131 Å². The van der Waals surface area contributed by atoms with E-state index >= 15 is 0 Å². The standard InChI is InChI=1S/C15H17BrN2O3/c1-8(5-13(19)20)4-12-17-15(18-21-12)11-6-9(2)14(16)10(3)7-11/h6-8H,4-5H2,1-3H3,(H,19,20). The maximum Gasteiger partial charge on any atom is 0.303 e. The highest BCUT2D eigenvalue weighted by atomic mass is 79.9. The molecule has 0 spiro atoms. The third-order valence-corrected chi connectivity index (χ3v) is 4.46. The molecule has 1 atom stereocenters. The fourth-order valence-electron chi connectivity index (χ4n) is 2.20. The van der Waals surface area contributed by atoms with Gasteiger partial charge in [0, 0.05) is 22.9 Å². The Kier molecular flexibility index (Phi) is 4.77. The lowest BCUT2D eigenvalue weighted by molar-refractivity contribution is -0.137. The smallest absolute Gasteiger partial charge is 0.303 e. The highest BCUT2D eigenvalue weighted by Crippen LogP contribution is 2.27. The van der Waals surface area contributed by atoms with E-state index < -0.39 is 5.97 Å². The van der Waals surface area contributed by atoms with Crippen molar-refractivity contribution in [2.24, 2.45) is 5.92 Å². The second-order valence-electron chi connectivity index (χ2n) is 5.34. The predicted molar refractivity (Wildman–Crippen MR) is 82.0 cm³/mol. The Morgan fingerprint density at radius 2 is 2.00 bits per heavy atom. The van der Waals surface area contributed by atoms with E-state index in [1.54, 1.807) is 0 Å². The van der Waals surface area contributed by atoms with Crippen LogP contribution in [0.3, 0.4) is 0 Å². The maximum absolute atomic E-state index is 10.7. The van der Waals surface area contributed by atoms with Crippen LogP contribution in [0, 0.1) is 19.8 Å². The fourth-order valence-corrected chi connectivity index (χ4v) is 2.43. The van der Waals surface area contributed by atoms with Gasteiger partial charge in [-0.15, -0.1) is 0 Å². The van der Waals surface area contributed by atoms with E-state index in [0.717, 1.165) is 21.2 Å².